The zero-order valence-corrected chi connectivity index (χ0v) is 18.0. The summed E-state index contributed by atoms with van der Waals surface area (Å²) in [6, 6.07) is 5.34. The van der Waals surface area contributed by atoms with Gasteiger partial charge in [0, 0.05) is 23.3 Å². The molecule has 0 bridgehead atoms. The lowest BCUT2D eigenvalue weighted by Crippen LogP contribution is -2.20. The molecule has 1 heterocycles. The molecule has 3 rings (SSSR count). The molecule has 4 N–H and O–H groups in total. The standard InChI is InChI=1S/C25H28O6/c1-14(2)5-4-6-15(3)7-8-17-19(27)10-9-18(25(17)30)22-13-21(29)24-20(28)11-16(26)12-23(24)31-22/h5,7,9-12,22,26-28,30H,4,6,8,13H2,1-3H3/b15-7+. The Labute approximate surface area is 181 Å². The van der Waals surface area contributed by atoms with E-state index in [-0.39, 0.29) is 46.5 Å². The van der Waals surface area contributed by atoms with E-state index in [9.17, 15) is 25.2 Å². The van der Waals surface area contributed by atoms with Gasteiger partial charge in [0.05, 0.1) is 6.42 Å². The number of fused-ring (bicyclic) bond motifs is 1. The second kappa shape index (κ2) is 9.16. The summed E-state index contributed by atoms with van der Waals surface area (Å²) in [6.45, 7) is 6.12. The molecule has 6 nitrogen and oxygen atoms in total. The number of Topliss-reactive ketones (excluding diaryl/α,β-unsaturated/α-hetero) is 1. The zero-order chi connectivity index (χ0) is 22.7. The van der Waals surface area contributed by atoms with E-state index in [1.165, 1.54) is 23.8 Å². The number of ketones is 1. The van der Waals surface area contributed by atoms with Crippen LogP contribution in [0.15, 0.2) is 47.6 Å². The van der Waals surface area contributed by atoms with Crippen molar-refractivity contribution >= 4 is 5.78 Å². The molecule has 2 aromatic rings. The summed E-state index contributed by atoms with van der Waals surface area (Å²) in [6.07, 6.45) is 5.40. The number of phenols is 4. The van der Waals surface area contributed by atoms with Crippen LogP contribution in [0.3, 0.4) is 0 Å². The van der Waals surface area contributed by atoms with Crippen molar-refractivity contribution in [2.24, 2.45) is 0 Å². The first kappa shape index (κ1) is 22.3. The van der Waals surface area contributed by atoms with Crippen LogP contribution in [-0.2, 0) is 6.42 Å². The molecule has 0 spiro atoms. The second-order valence-corrected chi connectivity index (χ2v) is 8.15. The van der Waals surface area contributed by atoms with E-state index in [4.69, 9.17) is 4.74 Å². The molecule has 1 unspecified atom stereocenters. The molecule has 0 aliphatic carbocycles. The molecule has 0 aromatic heterocycles. The molecule has 1 aliphatic rings. The Morgan fingerprint density at radius 1 is 1.06 bits per heavy atom. The van der Waals surface area contributed by atoms with E-state index in [0.717, 1.165) is 24.5 Å². The van der Waals surface area contributed by atoms with Crippen molar-refractivity contribution in [1.82, 2.24) is 0 Å². The fourth-order valence-electron chi connectivity index (χ4n) is 3.67. The summed E-state index contributed by atoms with van der Waals surface area (Å²) in [5, 5.41) is 40.8. The van der Waals surface area contributed by atoms with E-state index in [0.29, 0.717) is 17.5 Å². The van der Waals surface area contributed by atoms with Gasteiger partial charge in [-0.25, -0.2) is 0 Å². The quantitative estimate of drug-likeness (QED) is 0.459. The van der Waals surface area contributed by atoms with E-state index in [2.05, 4.69) is 19.9 Å². The van der Waals surface area contributed by atoms with Crippen LogP contribution >= 0.6 is 0 Å². The number of carbonyl (C=O) groups is 1. The van der Waals surface area contributed by atoms with Crippen molar-refractivity contribution in [2.75, 3.05) is 0 Å². The highest BCUT2D eigenvalue weighted by atomic mass is 16.5. The third kappa shape index (κ3) is 5.02. The number of aromatic hydroxyl groups is 4. The summed E-state index contributed by atoms with van der Waals surface area (Å²) in [7, 11) is 0. The first-order chi connectivity index (χ1) is 14.7. The molecule has 0 amide bonds. The average molecular weight is 424 g/mol. The number of benzene rings is 2. The molecule has 1 atom stereocenters. The molecular formula is C25H28O6. The van der Waals surface area contributed by atoms with Gasteiger partial charge in [0.1, 0.15) is 40.4 Å². The van der Waals surface area contributed by atoms with Gasteiger partial charge in [-0.05, 0) is 52.2 Å². The van der Waals surface area contributed by atoms with Crippen LogP contribution in [0, 0.1) is 0 Å². The van der Waals surface area contributed by atoms with Gasteiger partial charge in [-0.3, -0.25) is 4.79 Å². The Morgan fingerprint density at radius 2 is 1.81 bits per heavy atom. The van der Waals surface area contributed by atoms with Gasteiger partial charge in [0.2, 0.25) is 0 Å². The number of ether oxygens (including phenoxy) is 1. The highest BCUT2D eigenvalue weighted by molar-refractivity contribution is 6.02. The number of rotatable bonds is 6. The third-order valence-corrected chi connectivity index (χ3v) is 5.37. The van der Waals surface area contributed by atoms with Crippen LogP contribution in [-0.4, -0.2) is 26.2 Å². The lowest BCUT2D eigenvalue weighted by molar-refractivity contribution is 0.0842. The SMILES string of the molecule is CC(C)=CCC/C(C)=C/Cc1c(O)ccc(C2CC(=O)c3c(O)cc(O)cc3O2)c1O. The second-order valence-electron chi connectivity index (χ2n) is 8.15. The van der Waals surface area contributed by atoms with Crippen LogP contribution in [0.2, 0.25) is 0 Å². The van der Waals surface area contributed by atoms with E-state index >= 15 is 0 Å². The molecule has 2 aromatic carbocycles. The maximum Gasteiger partial charge on any atom is 0.174 e. The van der Waals surface area contributed by atoms with Crippen molar-refractivity contribution in [3.05, 3.63) is 64.3 Å². The minimum Gasteiger partial charge on any atom is -0.508 e. The Bertz CT molecular complexity index is 1060. The zero-order valence-electron chi connectivity index (χ0n) is 18.0. The van der Waals surface area contributed by atoms with Gasteiger partial charge < -0.3 is 25.2 Å². The lowest BCUT2D eigenvalue weighted by Gasteiger charge is -2.27. The van der Waals surface area contributed by atoms with Crippen molar-refractivity contribution in [1.29, 1.82) is 0 Å². The summed E-state index contributed by atoms with van der Waals surface area (Å²) in [5.74, 6) is -1.03. The molecule has 1 aliphatic heterocycles. The van der Waals surface area contributed by atoms with E-state index in [1.54, 1.807) is 0 Å². The summed E-state index contributed by atoms with van der Waals surface area (Å²) >= 11 is 0. The maximum atomic E-state index is 12.6. The number of phenolic OH excluding ortho intramolecular Hbond substituents is 4. The van der Waals surface area contributed by atoms with Gasteiger partial charge in [-0.15, -0.1) is 0 Å². The molecule has 0 fully saturated rings. The van der Waals surface area contributed by atoms with Gasteiger partial charge in [0.25, 0.3) is 0 Å². The molecule has 0 saturated carbocycles. The van der Waals surface area contributed by atoms with E-state index < -0.39 is 6.10 Å². The fourth-order valence-corrected chi connectivity index (χ4v) is 3.67. The molecule has 0 radical (unpaired) electrons. The predicted molar refractivity (Wildman–Crippen MR) is 118 cm³/mol. The van der Waals surface area contributed by atoms with Crippen molar-refractivity contribution in [3.8, 4) is 28.7 Å². The minimum atomic E-state index is -0.803. The Morgan fingerprint density at radius 3 is 2.52 bits per heavy atom. The van der Waals surface area contributed by atoms with Gasteiger partial charge in [-0.1, -0.05) is 23.3 Å². The van der Waals surface area contributed by atoms with Crippen LogP contribution in [0.1, 0.15) is 67.6 Å². The maximum absolute atomic E-state index is 12.6. The van der Waals surface area contributed by atoms with Crippen LogP contribution < -0.4 is 4.74 Å². The number of hydrogen-bond acceptors (Lipinski definition) is 6. The summed E-state index contributed by atoms with van der Waals surface area (Å²) in [5.41, 5.74) is 3.15. The van der Waals surface area contributed by atoms with Crippen LogP contribution in [0.4, 0.5) is 0 Å². The van der Waals surface area contributed by atoms with Gasteiger partial charge >= 0.3 is 0 Å². The minimum absolute atomic E-state index is 0.0162. The molecule has 6 heteroatoms. The molecule has 164 valence electrons. The Kier molecular flexibility index (Phi) is 6.59. The van der Waals surface area contributed by atoms with Crippen LogP contribution in [0.5, 0.6) is 28.7 Å². The smallest absolute Gasteiger partial charge is 0.174 e. The molecular weight excluding hydrogens is 396 g/mol. The topological polar surface area (TPSA) is 107 Å². The number of allylic oxidation sites excluding steroid dienone is 4. The summed E-state index contributed by atoms with van der Waals surface area (Å²) < 4.78 is 5.82. The van der Waals surface area contributed by atoms with Crippen molar-refractivity contribution < 1.29 is 30.0 Å². The van der Waals surface area contributed by atoms with Gasteiger partial charge in [-0.2, -0.15) is 0 Å². The van der Waals surface area contributed by atoms with Crippen molar-refractivity contribution in [2.45, 2.75) is 52.6 Å². The molecule has 0 saturated heterocycles. The third-order valence-electron chi connectivity index (χ3n) is 5.37. The number of hydrogen-bond donors (Lipinski definition) is 4. The lowest BCUT2D eigenvalue weighted by atomic mass is 9.93. The van der Waals surface area contributed by atoms with Gasteiger partial charge in [0.15, 0.2) is 5.78 Å². The summed E-state index contributed by atoms with van der Waals surface area (Å²) in [4.78, 5) is 12.6. The fraction of sp³-hybridized carbons (Fsp3) is 0.320. The molecule has 31 heavy (non-hydrogen) atoms. The van der Waals surface area contributed by atoms with Crippen LogP contribution in [0.25, 0.3) is 0 Å². The first-order valence-electron chi connectivity index (χ1n) is 10.3. The highest BCUT2D eigenvalue weighted by Gasteiger charge is 2.32. The largest absolute Gasteiger partial charge is 0.508 e. The Hall–Kier alpha value is -3.41. The Balaban J connectivity index is 1.85. The van der Waals surface area contributed by atoms with E-state index in [1.807, 2.05) is 13.0 Å². The highest BCUT2D eigenvalue weighted by Crippen LogP contribution is 2.44. The monoisotopic (exact) mass is 424 g/mol. The number of carbonyl (C=O) groups excluding carboxylic acids is 1. The average Bonchev–Trinajstić information content (AvgIpc) is 2.66. The first-order valence-corrected chi connectivity index (χ1v) is 10.3. The normalized spacial score (nSPS) is 15.9. The predicted octanol–water partition coefficient (Wildman–Crippen LogP) is 5.45. The van der Waals surface area contributed by atoms with Crippen molar-refractivity contribution in [3.63, 3.8) is 0 Å².